The normalized spacial score (nSPS) is 36.7. The summed E-state index contributed by atoms with van der Waals surface area (Å²) in [6.07, 6.45) is 5.68. The summed E-state index contributed by atoms with van der Waals surface area (Å²) in [6, 6.07) is 0.842. The van der Waals surface area contributed by atoms with Crippen LogP contribution in [0.1, 0.15) is 32.6 Å². The van der Waals surface area contributed by atoms with Crippen LogP contribution in [0.4, 0.5) is 0 Å². The molecule has 2 rings (SSSR count). The van der Waals surface area contributed by atoms with Gasteiger partial charge in [0.25, 0.3) is 0 Å². The summed E-state index contributed by atoms with van der Waals surface area (Å²) >= 11 is 0. The van der Waals surface area contributed by atoms with Crippen molar-refractivity contribution < 1.29 is 0 Å². The molecule has 2 heterocycles. The Morgan fingerprint density at radius 1 is 1.31 bits per heavy atom. The zero-order valence-electron chi connectivity index (χ0n) is 8.76. The first-order valence-corrected chi connectivity index (χ1v) is 5.81. The zero-order chi connectivity index (χ0) is 9.10. The first-order chi connectivity index (χ1) is 6.36. The molecule has 0 aromatic heterocycles. The summed E-state index contributed by atoms with van der Waals surface area (Å²) in [5.74, 6) is 0.931. The van der Waals surface area contributed by atoms with Crippen molar-refractivity contribution in [3.05, 3.63) is 0 Å². The second-order valence-electron chi connectivity index (χ2n) is 4.70. The van der Waals surface area contributed by atoms with Crippen LogP contribution < -0.4 is 5.32 Å². The Morgan fingerprint density at radius 2 is 2.23 bits per heavy atom. The van der Waals surface area contributed by atoms with Gasteiger partial charge in [0.05, 0.1) is 0 Å². The van der Waals surface area contributed by atoms with Gasteiger partial charge < -0.3 is 10.2 Å². The van der Waals surface area contributed by atoms with Gasteiger partial charge >= 0.3 is 0 Å². The van der Waals surface area contributed by atoms with E-state index < -0.39 is 0 Å². The SMILES string of the molecule is C[C@H]1CCCCN1C[C@@H]1CCNC1. The van der Waals surface area contributed by atoms with Crippen molar-refractivity contribution in [1.82, 2.24) is 10.2 Å². The van der Waals surface area contributed by atoms with E-state index in [2.05, 4.69) is 17.1 Å². The third-order valence-electron chi connectivity index (χ3n) is 3.60. The monoisotopic (exact) mass is 182 g/mol. The lowest BCUT2D eigenvalue weighted by Gasteiger charge is -2.34. The highest BCUT2D eigenvalue weighted by atomic mass is 15.2. The number of nitrogens with zero attached hydrogens (tertiary/aromatic N) is 1. The molecule has 2 nitrogen and oxygen atoms in total. The van der Waals surface area contributed by atoms with E-state index in [0.29, 0.717) is 0 Å². The number of likely N-dealkylation sites (tertiary alicyclic amines) is 1. The van der Waals surface area contributed by atoms with E-state index in [1.54, 1.807) is 0 Å². The van der Waals surface area contributed by atoms with Gasteiger partial charge in [-0.2, -0.15) is 0 Å². The predicted molar refractivity (Wildman–Crippen MR) is 55.9 cm³/mol. The molecule has 2 heteroatoms. The molecular weight excluding hydrogens is 160 g/mol. The van der Waals surface area contributed by atoms with Crippen molar-refractivity contribution in [2.75, 3.05) is 26.2 Å². The average molecular weight is 182 g/mol. The molecule has 1 N–H and O–H groups in total. The van der Waals surface area contributed by atoms with Gasteiger partial charge in [-0.05, 0) is 51.7 Å². The van der Waals surface area contributed by atoms with Crippen LogP contribution >= 0.6 is 0 Å². The van der Waals surface area contributed by atoms with E-state index in [0.717, 1.165) is 12.0 Å². The van der Waals surface area contributed by atoms with Crippen molar-refractivity contribution in [3.63, 3.8) is 0 Å². The minimum Gasteiger partial charge on any atom is -0.316 e. The largest absolute Gasteiger partial charge is 0.316 e. The predicted octanol–water partition coefficient (Wildman–Crippen LogP) is 1.47. The van der Waals surface area contributed by atoms with Gasteiger partial charge in [-0.15, -0.1) is 0 Å². The molecule has 0 amide bonds. The standard InChI is InChI=1S/C11H22N2/c1-10-4-2-3-7-13(10)9-11-5-6-12-8-11/h10-12H,2-9H2,1H3/t10-,11+/m0/s1. The lowest BCUT2D eigenvalue weighted by molar-refractivity contribution is 0.140. The zero-order valence-corrected chi connectivity index (χ0v) is 8.76. The second kappa shape index (κ2) is 4.43. The molecule has 0 radical (unpaired) electrons. The lowest BCUT2D eigenvalue weighted by atomic mass is 10.0. The molecule has 0 spiro atoms. The number of hydrogen-bond acceptors (Lipinski definition) is 2. The summed E-state index contributed by atoms with van der Waals surface area (Å²) in [7, 11) is 0. The molecule has 76 valence electrons. The maximum atomic E-state index is 3.45. The molecule has 0 aromatic carbocycles. The minimum absolute atomic E-state index is 0.842. The van der Waals surface area contributed by atoms with Crippen LogP contribution in [0.15, 0.2) is 0 Å². The molecule has 0 bridgehead atoms. The van der Waals surface area contributed by atoms with Crippen LogP contribution in [0, 0.1) is 5.92 Å². The molecule has 0 saturated carbocycles. The maximum Gasteiger partial charge on any atom is 0.00670 e. The molecule has 2 aliphatic rings. The molecule has 0 aliphatic carbocycles. The third kappa shape index (κ3) is 2.44. The van der Waals surface area contributed by atoms with Crippen LogP contribution in [-0.4, -0.2) is 37.1 Å². The fourth-order valence-electron chi connectivity index (χ4n) is 2.63. The highest BCUT2D eigenvalue weighted by molar-refractivity contribution is 4.79. The van der Waals surface area contributed by atoms with Crippen molar-refractivity contribution in [2.24, 2.45) is 5.92 Å². The third-order valence-corrected chi connectivity index (χ3v) is 3.60. The smallest absolute Gasteiger partial charge is 0.00670 e. The lowest BCUT2D eigenvalue weighted by Crippen LogP contribution is -2.40. The summed E-state index contributed by atoms with van der Waals surface area (Å²) in [5, 5.41) is 3.45. The van der Waals surface area contributed by atoms with E-state index in [1.165, 1.54) is 51.9 Å². The Hall–Kier alpha value is -0.0800. The second-order valence-corrected chi connectivity index (χ2v) is 4.70. The molecule has 2 saturated heterocycles. The fourth-order valence-corrected chi connectivity index (χ4v) is 2.63. The van der Waals surface area contributed by atoms with Gasteiger partial charge in [-0.1, -0.05) is 6.42 Å². The quantitative estimate of drug-likeness (QED) is 0.695. The molecule has 2 aliphatic heterocycles. The molecule has 0 aromatic rings. The van der Waals surface area contributed by atoms with E-state index in [9.17, 15) is 0 Å². The molecule has 2 atom stereocenters. The van der Waals surface area contributed by atoms with Gasteiger partial charge in [0, 0.05) is 12.6 Å². The Balaban J connectivity index is 1.78. The van der Waals surface area contributed by atoms with E-state index in [1.807, 2.05) is 0 Å². The van der Waals surface area contributed by atoms with Gasteiger partial charge in [0.15, 0.2) is 0 Å². The minimum atomic E-state index is 0.842. The molecule has 2 fully saturated rings. The Morgan fingerprint density at radius 3 is 2.92 bits per heavy atom. The molecular formula is C11H22N2. The number of piperidine rings is 1. The Kier molecular flexibility index (Phi) is 3.23. The summed E-state index contributed by atoms with van der Waals surface area (Å²) in [6.45, 7) is 7.57. The first kappa shape index (κ1) is 9.47. The van der Waals surface area contributed by atoms with Crippen LogP contribution in [-0.2, 0) is 0 Å². The number of nitrogens with one attached hydrogen (secondary N) is 1. The van der Waals surface area contributed by atoms with Crippen LogP contribution in [0.25, 0.3) is 0 Å². The van der Waals surface area contributed by atoms with Gasteiger partial charge in [0.2, 0.25) is 0 Å². The fraction of sp³-hybridized carbons (Fsp3) is 1.00. The maximum absolute atomic E-state index is 3.45. The summed E-state index contributed by atoms with van der Waals surface area (Å²) in [4.78, 5) is 2.70. The summed E-state index contributed by atoms with van der Waals surface area (Å²) in [5.41, 5.74) is 0. The Labute approximate surface area is 81.7 Å². The van der Waals surface area contributed by atoms with Crippen LogP contribution in [0.2, 0.25) is 0 Å². The topological polar surface area (TPSA) is 15.3 Å². The van der Waals surface area contributed by atoms with Crippen LogP contribution in [0.3, 0.4) is 0 Å². The number of hydrogen-bond donors (Lipinski definition) is 1. The highest BCUT2D eigenvalue weighted by Crippen LogP contribution is 2.19. The number of rotatable bonds is 2. The van der Waals surface area contributed by atoms with E-state index >= 15 is 0 Å². The van der Waals surface area contributed by atoms with E-state index in [-0.39, 0.29) is 0 Å². The molecule has 0 unspecified atom stereocenters. The first-order valence-electron chi connectivity index (χ1n) is 5.81. The average Bonchev–Trinajstić information content (AvgIpc) is 2.61. The van der Waals surface area contributed by atoms with Gasteiger partial charge in [0.1, 0.15) is 0 Å². The highest BCUT2D eigenvalue weighted by Gasteiger charge is 2.23. The van der Waals surface area contributed by atoms with Crippen molar-refractivity contribution >= 4 is 0 Å². The summed E-state index contributed by atoms with van der Waals surface area (Å²) < 4.78 is 0. The van der Waals surface area contributed by atoms with E-state index in [4.69, 9.17) is 0 Å². The van der Waals surface area contributed by atoms with Crippen molar-refractivity contribution in [3.8, 4) is 0 Å². The van der Waals surface area contributed by atoms with Crippen LogP contribution in [0.5, 0.6) is 0 Å². The van der Waals surface area contributed by atoms with Gasteiger partial charge in [-0.25, -0.2) is 0 Å². The van der Waals surface area contributed by atoms with Crippen molar-refractivity contribution in [1.29, 1.82) is 0 Å². The van der Waals surface area contributed by atoms with Gasteiger partial charge in [-0.3, -0.25) is 0 Å². The van der Waals surface area contributed by atoms with Crippen molar-refractivity contribution in [2.45, 2.75) is 38.6 Å². The molecule has 13 heavy (non-hydrogen) atoms. The Bertz CT molecular complexity index is 152.